The molecule has 0 aliphatic carbocycles. The van der Waals surface area contributed by atoms with Gasteiger partial charge in [-0.2, -0.15) is 13.2 Å². The summed E-state index contributed by atoms with van der Waals surface area (Å²) in [6.45, 7) is 2.31. The van der Waals surface area contributed by atoms with E-state index in [1.165, 1.54) is 0 Å². The number of hydrogen-bond acceptors (Lipinski definition) is 2. The number of thiocarbonyl (C=S) groups is 1. The fourth-order valence-electron chi connectivity index (χ4n) is 1.91. The van der Waals surface area contributed by atoms with Crippen LogP contribution in [-0.4, -0.2) is 23.6 Å². The highest BCUT2D eigenvalue weighted by Gasteiger charge is 2.41. The third-order valence-electron chi connectivity index (χ3n) is 2.71. The predicted octanol–water partition coefficient (Wildman–Crippen LogP) is 2.54. The van der Waals surface area contributed by atoms with Gasteiger partial charge in [0, 0.05) is 0 Å². The Kier molecular flexibility index (Phi) is 6.59. The lowest BCUT2D eigenvalue weighted by molar-refractivity contribution is -0.142. The van der Waals surface area contributed by atoms with Gasteiger partial charge in [-0.05, 0) is 12.8 Å². The van der Waals surface area contributed by atoms with Crippen LogP contribution in [0.1, 0.15) is 39.5 Å². The molecule has 0 spiro atoms. The van der Waals surface area contributed by atoms with E-state index in [4.69, 9.17) is 18.0 Å². The SMILES string of the molecule is CCCC(CCC)(C(=O)NCC(F)(F)F)C(N)=S. The summed E-state index contributed by atoms with van der Waals surface area (Å²) in [5.41, 5.74) is 4.41. The maximum absolute atomic E-state index is 12.1. The lowest BCUT2D eigenvalue weighted by Gasteiger charge is -2.31. The number of carbonyl (C=O) groups excluding carboxylic acids is 1. The maximum atomic E-state index is 12.1. The second-order valence-corrected chi connectivity index (χ2v) is 4.68. The van der Waals surface area contributed by atoms with E-state index in [2.05, 4.69) is 0 Å². The van der Waals surface area contributed by atoms with E-state index in [1.807, 2.05) is 19.2 Å². The van der Waals surface area contributed by atoms with Crippen molar-refractivity contribution < 1.29 is 18.0 Å². The Morgan fingerprint density at radius 1 is 1.22 bits per heavy atom. The summed E-state index contributed by atoms with van der Waals surface area (Å²) in [5.74, 6) is -0.726. The van der Waals surface area contributed by atoms with Crippen molar-refractivity contribution in [1.82, 2.24) is 5.32 Å². The summed E-state index contributed by atoms with van der Waals surface area (Å²) < 4.78 is 36.3. The first kappa shape index (κ1) is 17.2. The molecule has 0 bridgehead atoms. The molecule has 7 heteroatoms. The minimum absolute atomic E-state index is 0.0362. The molecule has 0 rings (SSSR count). The van der Waals surface area contributed by atoms with Crippen LogP contribution >= 0.6 is 12.2 Å². The zero-order valence-corrected chi connectivity index (χ0v) is 11.4. The van der Waals surface area contributed by atoms with Gasteiger partial charge < -0.3 is 11.1 Å². The first-order valence-corrected chi connectivity index (χ1v) is 6.25. The summed E-state index contributed by atoms with van der Waals surface area (Å²) in [4.78, 5) is 11.9. The van der Waals surface area contributed by atoms with Gasteiger partial charge >= 0.3 is 6.18 Å². The molecule has 3 nitrogen and oxygen atoms in total. The number of hydrogen-bond donors (Lipinski definition) is 2. The molecular formula is C11H19F3N2OS. The zero-order valence-electron chi connectivity index (χ0n) is 10.6. The molecule has 0 aromatic carbocycles. The number of alkyl halides is 3. The van der Waals surface area contributed by atoms with Crippen molar-refractivity contribution in [2.45, 2.75) is 45.7 Å². The summed E-state index contributed by atoms with van der Waals surface area (Å²) in [6, 6.07) is 0. The quantitative estimate of drug-likeness (QED) is 0.706. The van der Waals surface area contributed by atoms with E-state index in [-0.39, 0.29) is 4.99 Å². The van der Waals surface area contributed by atoms with Gasteiger partial charge in [0.05, 0.1) is 10.4 Å². The zero-order chi connectivity index (χ0) is 14.4. The maximum Gasteiger partial charge on any atom is 0.405 e. The van der Waals surface area contributed by atoms with Crippen LogP contribution in [0.2, 0.25) is 0 Å². The molecule has 0 unspecified atom stereocenters. The van der Waals surface area contributed by atoms with Crippen molar-refractivity contribution in [3.8, 4) is 0 Å². The summed E-state index contributed by atoms with van der Waals surface area (Å²) >= 11 is 4.88. The first-order chi connectivity index (χ1) is 8.19. The van der Waals surface area contributed by atoms with Crippen molar-refractivity contribution in [1.29, 1.82) is 0 Å². The lowest BCUT2D eigenvalue weighted by Crippen LogP contribution is -2.50. The fraction of sp³-hybridized carbons (Fsp3) is 0.818. The van der Waals surface area contributed by atoms with Crippen LogP contribution < -0.4 is 11.1 Å². The standard InChI is InChI=1S/C11H19F3N2OS/c1-3-5-10(6-4-2,8(15)18)9(17)16-7-11(12,13)14/h3-7H2,1-2H3,(H2,15,18)(H,16,17). The molecule has 0 aliphatic heterocycles. The topological polar surface area (TPSA) is 55.1 Å². The molecule has 18 heavy (non-hydrogen) atoms. The largest absolute Gasteiger partial charge is 0.405 e. The van der Waals surface area contributed by atoms with Gasteiger partial charge in [0.15, 0.2) is 0 Å². The van der Waals surface area contributed by atoms with Gasteiger partial charge in [-0.3, -0.25) is 4.79 Å². The Hall–Kier alpha value is -0.850. The minimum atomic E-state index is -4.43. The number of nitrogens with one attached hydrogen (secondary N) is 1. The first-order valence-electron chi connectivity index (χ1n) is 5.84. The van der Waals surface area contributed by atoms with Crippen LogP contribution in [0.3, 0.4) is 0 Å². The van der Waals surface area contributed by atoms with Crippen LogP contribution in [-0.2, 0) is 4.79 Å². The van der Waals surface area contributed by atoms with Crippen molar-refractivity contribution >= 4 is 23.1 Å². The highest BCUT2D eigenvalue weighted by Crippen LogP contribution is 2.31. The number of halogens is 3. The van der Waals surface area contributed by atoms with Crippen molar-refractivity contribution in [3.63, 3.8) is 0 Å². The smallest absolute Gasteiger partial charge is 0.392 e. The van der Waals surface area contributed by atoms with Crippen molar-refractivity contribution in [2.24, 2.45) is 11.1 Å². The Balaban J connectivity index is 4.94. The van der Waals surface area contributed by atoms with E-state index >= 15 is 0 Å². The molecule has 1 amide bonds. The Morgan fingerprint density at radius 2 is 1.67 bits per heavy atom. The van der Waals surface area contributed by atoms with Crippen molar-refractivity contribution in [3.05, 3.63) is 0 Å². The molecule has 0 atom stereocenters. The normalized spacial score (nSPS) is 12.3. The molecular weight excluding hydrogens is 265 g/mol. The molecule has 0 radical (unpaired) electrons. The van der Waals surface area contributed by atoms with Crippen LogP contribution in [0.5, 0.6) is 0 Å². The predicted molar refractivity (Wildman–Crippen MR) is 68.1 cm³/mol. The highest BCUT2D eigenvalue weighted by atomic mass is 32.1. The Labute approximate surface area is 110 Å². The third kappa shape index (κ3) is 4.80. The number of amides is 1. The van der Waals surface area contributed by atoms with Gasteiger partial charge in [-0.1, -0.05) is 38.9 Å². The minimum Gasteiger partial charge on any atom is -0.392 e. The average molecular weight is 284 g/mol. The average Bonchev–Trinajstić information content (AvgIpc) is 2.24. The Morgan fingerprint density at radius 3 is 1.94 bits per heavy atom. The second kappa shape index (κ2) is 6.92. The van der Waals surface area contributed by atoms with Gasteiger partial charge in [0.1, 0.15) is 6.54 Å². The molecule has 0 fully saturated rings. The van der Waals surface area contributed by atoms with E-state index < -0.39 is 24.0 Å². The third-order valence-corrected chi connectivity index (χ3v) is 3.10. The van der Waals surface area contributed by atoms with Gasteiger partial charge in [0.2, 0.25) is 5.91 Å². The molecule has 0 aromatic rings. The van der Waals surface area contributed by atoms with Crippen LogP contribution in [0.15, 0.2) is 0 Å². The van der Waals surface area contributed by atoms with Crippen LogP contribution in [0.25, 0.3) is 0 Å². The number of carbonyl (C=O) groups is 1. The molecule has 0 aromatic heterocycles. The second-order valence-electron chi connectivity index (χ2n) is 4.24. The van der Waals surface area contributed by atoms with Crippen LogP contribution in [0, 0.1) is 5.41 Å². The summed E-state index contributed by atoms with van der Waals surface area (Å²) in [6.07, 6.45) is -2.47. The van der Waals surface area contributed by atoms with Gasteiger partial charge in [0.25, 0.3) is 0 Å². The Bertz CT molecular complexity index is 299. The molecule has 0 heterocycles. The summed E-state index contributed by atoms with van der Waals surface area (Å²) in [5, 5.41) is 1.88. The molecule has 0 aliphatic rings. The number of rotatable bonds is 7. The molecule has 0 saturated carbocycles. The van der Waals surface area contributed by atoms with Gasteiger partial charge in [-0.25, -0.2) is 0 Å². The van der Waals surface area contributed by atoms with E-state index in [1.54, 1.807) is 0 Å². The van der Waals surface area contributed by atoms with E-state index in [0.717, 1.165) is 0 Å². The van der Waals surface area contributed by atoms with Crippen LogP contribution in [0.4, 0.5) is 13.2 Å². The molecule has 3 N–H and O–H groups in total. The van der Waals surface area contributed by atoms with Crippen molar-refractivity contribution in [2.75, 3.05) is 6.54 Å². The highest BCUT2D eigenvalue weighted by molar-refractivity contribution is 7.80. The summed E-state index contributed by atoms with van der Waals surface area (Å²) in [7, 11) is 0. The van der Waals surface area contributed by atoms with E-state index in [9.17, 15) is 18.0 Å². The van der Waals surface area contributed by atoms with E-state index in [0.29, 0.717) is 25.7 Å². The molecule has 106 valence electrons. The fourth-order valence-corrected chi connectivity index (χ4v) is 2.21. The van der Waals surface area contributed by atoms with Gasteiger partial charge in [-0.15, -0.1) is 0 Å². The number of nitrogens with two attached hydrogens (primary N) is 1. The lowest BCUT2D eigenvalue weighted by atomic mass is 9.78. The monoisotopic (exact) mass is 284 g/mol. The molecule has 0 saturated heterocycles.